The van der Waals surface area contributed by atoms with Crippen molar-refractivity contribution >= 4 is 5.97 Å². The molecule has 0 unspecified atom stereocenters. The summed E-state index contributed by atoms with van der Waals surface area (Å²) in [5.74, 6) is 0.143. The maximum absolute atomic E-state index is 13.8. The van der Waals surface area contributed by atoms with Crippen LogP contribution in [0.3, 0.4) is 0 Å². The normalized spacial score (nSPS) is 13.2. The summed E-state index contributed by atoms with van der Waals surface area (Å²) >= 11 is 0. The SMILES string of the molecule is CCCCCCCCCCCCCCCCCC(=O)Oc1c(-c2c(CC)cc(C)cc2CC)c(=O)n2n1CCOCC2. The van der Waals surface area contributed by atoms with Gasteiger partial charge in [0.2, 0.25) is 5.88 Å². The number of aryl methyl sites for hydroxylation is 3. The number of benzene rings is 1. The van der Waals surface area contributed by atoms with Gasteiger partial charge in [-0.25, -0.2) is 9.36 Å². The van der Waals surface area contributed by atoms with E-state index in [4.69, 9.17) is 9.47 Å². The quantitative estimate of drug-likeness (QED) is 0.115. The van der Waals surface area contributed by atoms with E-state index in [1.165, 1.54) is 82.6 Å². The third kappa shape index (κ3) is 10.1. The van der Waals surface area contributed by atoms with Crippen LogP contribution < -0.4 is 10.3 Å². The first-order valence-electron chi connectivity index (χ1n) is 17.3. The number of aromatic nitrogens is 2. The largest absolute Gasteiger partial charge is 0.407 e. The van der Waals surface area contributed by atoms with E-state index in [0.29, 0.717) is 44.2 Å². The highest BCUT2D eigenvalue weighted by Crippen LogP contribution is 2.35. The summed E-state index contributed by atoms with van der Waals surface area (Å²) < 4.78 is 15.3. The van der Waals surface area contributed by atoms with E-state index in [0.717, 1.165) is 48.8 Å². The molecule has 0 saturated heterocycles. The molecule has 0 radical (unpaired) electrons. The van der Waals surface area contributed by atoms with Crippen LogP contribution in [-0.4, -0.2) is 28.5 Å². The van der Waals surface area contributed by atoms with Gasteiger partial charge in [-0.1, -0.05) is 128 Å². The zero-order valence-corrected chi connectivity index (χ0v) is 27.2. The first-order valence-corrected chi connectivity index (χ1v) is 17.3. The summed E-state index contributed by atoms with van der Waals surface area (Å²) in [7, 11) is 0. The van der Waals surface area contributed by atoms with Gasteiger partial charge < -0.3 is 9.47 Å². The molecule has 1 aromatic heterocycles. The van der Waals surface area contributed by atoms with Crippen LogP contribution in [0.1, 0.15) is 140 Å². The van der Waals surface area contributed by atoms with Gasteiger partial charge in [0, 0.05) is 6.42 Å². The molecule has 0 amide bonds. The number of ether oxygens (including phenoxy) is 2. The molecular weight excluding hydrogens is 524 g/mol. The fourth-order valence-corrected chi connectivity index (χ4v) is 6.36. The summed E-state index contributed by atoms with van der Waals surface area (Å²) in [6.45, 7) is 10.5. The number of hydrogen-bond acceptors (Lipinski definition) is 4. The third-order valence-electron chi connectivity index (χ3n) is 8.74. The fourth-order valence-electron chi connectivity index (χ4n) is 6.36. The van der Waals surface area contributed by atoms with Gasteiger partial charge in [0.25, 0.3) is 5.56 Å². The Bertz CT molecular complexity index is 1120. The second kappa shape index (κ2) is 19.0. The van der Waals surface area contributed by atoms with Crippen molar-refractivity contribution < 1.29 is 14.3 Å². The Labute approximate surface area is 255 Å². The van der Waals surface area contributed by atoms with Crippen molar-refractivity contribution in [3.05, 3.63) is 39.2 Å². The Morgan fingerprint density at radius 3 is 1.69 bits per heavy atom. The predicted octanol–water partition coefficient (Wildman–Crippen LogP) is 8.95. The van der Waals surface area contributed by atoms with Crippen LogP contribution in [0.2, 0.25) is 0 Å². The van der Waals surface area contributed by atoms with Gasteiger partial charge in [0.1, 0.15) is 5.56 Å². The number of carbonyl (C=O) groups is 1. The molecule has 6 heteroatoms. The molecule has 2 heterocycles. The Balaban J connectivity index is 1.50. The average molecular weight is 583 g/mol. The molecule has 0 atom stereocenters. The number of rotatable bonds is 20. The average Bonchev–Trinajstić information content (AvgIpc) is 3.13. The lowest BCUT2D eigenvalue weighted by atomic mass is 9.91. The maximum atomic E-state index is 13.8. The molecule has 236 valence electrons. The molecule has 0 N–H and O–H groups in total. The number of unbranched alkanes of at least 4 members (excludes halogenated alkanes) is 14. The highest BCUT2D eigenvalue weighted by atomic mass is 16.5. The lowest BCUT2D eigenvalue weighted by molar-refractivity contribution is -0.135. The second-order valence-electron chi connectivity index (χ2n) is 12.2. The summed E-state index contributed by atoms with van der Waals surface area (Å²) in [6.07, 6.45) is 21.4. The monoisotopic (exact) mass is 582 g/mol. The number of esters is 1. The molecule has 1 aliphatic rings. The number of nitrogens with zero attached hydrogens (tertiary/aromatic N) is 2. The fraction of sp³-hybridized carbons (Fsp3) is 0.722. The molecule has 1 aliphatic heterocycles. The highest BCUT2D eigenvalue weighted by Gasteiger charge is 2.28. The summed E-state index contributed by atoms with van der Waals surface area (Å²) in [5.41, 5.74) is 4.83. The van der Waals surface area contributed by atoms with Gasteiger partial charge in [-0.3, -0.25) is 9.59 Å². The van der Waals surface area contributed by atoms with Crippen LogP contribution in [-0.2, 0) is 35.5 Å². The van der Waals surface area contributed by atoms with Crippen LogP contribution in [0, 0.1) is 6.92 Å². The van der Waals surface area contributed by atoms with E-state index in [9.17, 15) is 9.59 Å². The number of carbonyl (C=O) groups excluding carboxylic acids is 1. The van der Waals surface area contributed by atoms with Crippen LogP contribution in [0.5, 0.6) is 5.88 Å². The van der Waals surface area contributed by atoms with Gasteiger partial charge in [-0.05, 0) is 42.9 Å². The van der Waals surface area contributed by atoms with Gasteiger partial charge in [0.05, 0.1) is 26.3 Å². The molecule has 3 rings (SSSR count). The standard InChI is InChI=1S/C36H58N2O4/c1-5-8-9-10-11-12-13-14-15-16-17-18-19-20-21-22-32(39)42-36-34(35(40)37-23-25-41-26-24-38(36)37)33-30(6-2)27-29(4)28-31(33)7-3/h27-28H,5-26H2,1-4H3. The molecule has 0 spiro atoms. The van der Waals surface area contributed by atoms with E-state index in [-0.39, 0.29) is 11.5 Å². The van der Waals surface area contributed by atoms with E-state index in [1.54, 1.807) is 4.68 Å². The van der Waals surface area contributed by atoms with Crippen molar-refractivity contribution in [2.24, 2.45) is 0 Å². The first-order chi connectivity index (χ1) is 20.5. The number of hydrogen-bond donors (Lipinski definition) is 0. The Kier molecular flexibility index (Phi) is 15.5. The van der Waals surface area contributed by atoms with Gasteiger partial charge in [0.15, 0.2) is 0 Å². The van der Waals surface area contributed by atoms with Crippen molar-refractivity contribution in [2.45, 2.75) is 156 Å². The van der Waals surface area contributed by atoms with Crippen LogP contribution in [0.15, 0.2) is 16.9 Å². The van der Waals surface area contributed by atoms with Crippen LogP contribution >= 0.6 is 0 Å². The molecule has 2 aromatic rings. The summed E-state index contributed by atoms with van der Waals surface area (Å²) in [6, 6.07) is 4.32. The topological polar surface area (TPSA) is 62.5 Å². The van der Waals surface area contributed by atoms with E-state index >= 15 is 0 Å². The smallest absolute Gasteiger partial charge is 0.312 e. The molecule has 1 aromatic carbocycles. The van der Waals surface area contributed by atoms with E-state index < -0.39 is 0 Å². The molecule has 0 saturated carbocycles. The number of fused-ring (bicyclic) bond motifs is 1. The molecule has 42 heavy (non-hydrogen) atoms. The predicted molar refractivity (Wildman–Crippen MR) is 174 cm³/mol. The summed E-state index contributed by atoms with van der Waals surface area (Å²) in [5, 5.41) is 0. The molecular formula is C36H58N2O4. The van der Waals surface area contributed by atoms with Crippen LogP contribution in [0.25, 0.3) is 11.1 Å². The summed E-state index contributed by atoms with van der Waals surface area (Å²) in [4.78, 5) is 26.9. The highest BCUT2D eigenvalue weighted by molar-refractivity contribution is 5.80. The molecule has 6 nitrogen and oxygen atoms in total. The maximum Gasteiger partial charge on any atom is 0.312 e. The van der Waals surface area contributed by atoms with Gasteiger partial charge in [-0.2, -0.15) is 0 Å². The van der Waals surface area contributed by atoms with Crippen molar-refractivity contribution in [3.8, 4) is 17.0 Å². The molecule has 0 bridgehead atoms. The minimum Gasteiger partial charge on any atom is -0.407 e. The lowest BCUT2D eigenvalue weighted by Gasteiger charge is -2.16. The molecule has 0 fully saturated rings. The van der Waals surface area contributed by atoms with Gasteiger partial charge in [-0.15, -0.1) is 0 Å². The second-order valence-corrected chi connectivity index (χ2v) is 12.2. The van der Waals surface area contributed by atoms with Crippen molar-refractivity contribution in [1.82, 2.24) is 9.36 Å². The zero-order chi connectivity index (χ0) is 30.2. The zero-order valence-electron chi connectivity index (χ0n) is 27.2. The third-order valence-corrected chi connectivity index (χ3v) is 8.74. The first kappa shape index (κ1) is 34.2. The Hall–Kier alpha value is -2.34. The van der Waals surface area contributed by atoms with Gasteiger partial charge >= 0.3 is 5.97 Å². The molecule has 0 aliphatic carbocycles. The Morgan fingerprint density at radius 1 is 0.714 bits per heavy atom. The van der Waals surface area contributed by atoms with E-state index in [2.05, 4.69) is 39.8 Å². The Morgan fingerprint density at radius 2 is 1.19 bits per heavy atom. The van der Waals surface area contributed by atoms with Crippen molar-refractivity contribution in [2.75, 3.05) is 13.2 Å². The van der Waals surface area contributed by atoms with E-state index in [1.807, 2.05) is 4.68 Å². The minimum absolute atomic E-state index is 0.0940. The van der Waals surface area contributed by atoms with Crippen molar-refractivity contribution in [1.29, 1.82) is 0 Å². The van der Waals surface area contributed by atoms with Crippen molar-refractivity contribution in [3.63, 3.8) is 0 Å². The minimum atomic E-state index is -0.250. The lowest BCUT2D eigenvalue weighted by Crippen LogP contribution is -2.24. The van der Waals surface area contributed by atoms with Crippen LogP contribution in [0.4, 0.5) is 0 Å².